The Morgan fingerprint density at radius 2 is 2.12 bits per heavy atom. The minimum absolute atomic E-state index is 0.0874. The average Bonchev–Trinajstić information content (AvgIpc) is 3.04. The number of nitrogens with zero attached hydrogens (tertiary/aromatic N) is 2. The smallest absolute Gasteiger partial charge is 0.225 e. The van der Waals surface area contributed by atoms with Gasteiger partial charge in [0.05, 0.1) is 23.0 Å². The third-order valence-electron chi connectivity index (χ3n) is 4.49. The molecule has 7 heteroatoms. The third-order valence-corrected chi connectivity index (χ3v) is 4.49. The standard InChI is InChI=1S/C19H13FN4O2/c20-10-5-6-11-12(8-17(25)22-16(11)7-10)18(26)13(9-21)19-23-14-3-1-2-4-15(14)24-19/h1-7,12-13H,8H2,(H,22,25)(H,23,24)/t12-,13-/m1/s1. The first-order chi connectivity index (χ1) is 12.6. The van der Waals surface area contributed by atoms with Gasteiger partial charge in [0.15, 0.2) is 11.7 Å². The molecule has 0 unspecified atom stereocenters. The number of amides is 1. The van der Waals surface area contributed by atoms with Crippen LogP contribution in [0.4, 0.5) is 10.1 Å². The van der Waals surface area contributed by atoms with E-state index in [-0.39, 0.29) is 23.8 Å². The molecule has 0 bridgehead atoms. The van der Waals surface area contributed by atoms with Crippen molar-refractivity contribution in [2.45, 2.75) is 18.3 Å². The lowest BCUT2D eigenvalue weighted by molar-refractivity contribution is -0.125. The highest BCUT2D eigenvalue weighted by molar-refractivity contribution is 6.04. The number of rotatable bonds is 3. The molecule has 0 fully saturated rings. The number of carbonyl (C=O) groups is 2. The van der Waals surface area contributed by atoms with Crippen LogP contribution in [0, 0.1) is 17.1 Å². The number of Topliss-reactive ketones (excluding diaryl/α,β-unsaturated/α-hetero) is 1. The largest absolute Gasteiger partial charge is 0.340 e. The van der Waals surface area contributed by atoms with Crippen LogP contribution in [0.5, 0.6) is 0 Å². The van der Waals surface area contributed by atoms with Gasteiger partial charge in [-0.2, -0.15) is 5.26 Å². The zero-order chi connectivity index (χ0) is 18.3. The fourth-order valence-electron chi connectivity index (χ4n) is 3.26. The Morgan fingerprint density at radius 3 is 2.88 bits per heavy atom. The van der Waals surface area contributed by atoms with E-state index in [0.29, 0.717) is 11.1 Å². The number of hydrogen-bond acceptors (Lipinski definition) is 4. The van der Waals surface area contributed by atoms with E-state index >= 15 is 0 Å². The second kappa shape index (κ2) is 6.08. The maximum absolute atomic E-state index is 13.5. The molecule has 2 atom stereocenters. The van der Waals surface area contributed by atoms with E-state index in [1.54, 1.807) is 12.1 Å². The van der Waals surface area contributed by atoms with E-state index in [1.807, 2.05) is 18.2 Å². The van der Waals surface area contributed by atoms with Gasteiger partial charge in [-0.25, -0.2) is 9.37 Å². The van der Waals surface area contributed by atoms with Gasteiger partial charge in [-0.15, -0.1) is 0 Å². The van der Waals surface area contributed by atoms with Crippen molar-refractivity contribution in [1.29, 1.82) is 5.26 Å². The quantitative estimate of drug-likeness (QED) is 0.760. The molecule has 26 heavy (non-hydrogen) atoms. The van der Waals surface area contributed by atoms with Gasteiger partial charge in [-0.3, -0.25) is 9.59 Å². The lowest BCUT2D eigenvalue weighted by atomic mass is 9.82. The minimum Gasteiger partial charge on any atom is -0.340 e. The fraction of sp³-hybridized carbons (Fsp3) is 0.158. The van der Waals surface area contributed by atoms with Gasteiger partial charge in [0.25, 0.3) is 0 Å². The van der Waals surface area contributed by atoms with E-state index in [0.717, 1.165) is 5.52 Å². The van der Waals surface area contributed by atoms with Crippen molar-refractivity contribution in [3.63, 3.8) is 0 Å². The van der Waals surface area contributed by atoms with Gasteiger partial charge < -0.3 is 10.3 Å². The van der Waals surface area contributed by atoms with Gasteiger partial charge in [0, 0.05) is 12.1 Å². The molecule has 1 aliphatic heterocycles. The summed E-state index contributed by atoms with van der Waals surface area (Å²) in [6, 6.07) is 13.1. The summed E-state index contributed by atoms with van der Waals surface area (Å²) in [6.07, 6.45) is -0.0874. The van der Waals surface area contributed by atoms with Crippen molar-refractivity contribution in [1.82, 2.24) is 9.97 Å². The molecule has 1 aromatic heterocycles. The summed E-state index contributed by atoms with van der Waals surface area (Å²) < 4.78 is 13.5. The highest BCUT2D eigenvalue weighted by Crippen LogP contribution is 2.36. The van der Waals surface area contributed by atoms with Crippen LogP contribution in [0.25, 0.3) is 11.0 Å². The molecule has 3 aromatic rings. The molecule has 1 aliphatic rings. The molecule has 0 saturated heterocycles. The molecule has 2 aromatic carbocycles. The number of para-hydroxylation sites is 2. The Bertz CT molecular complexity index is 1050. The molecule has 2 heterocycles. The molecule has 4 rings (SSSR count). The van der Waals surface area contributed by atoms with E-state index in [1.165, 1.54) is 18.2 Å². The molecule has 0 saturated carbocycles. The van der Waals surface area contributed by atoms with Crippen LogP contribution in [0.3, 0.4) is 0 Å². The maximum atomic E-state index is 13.5. The summed E-state index contributed by atoms with van der Waals surface area (Å²) in [5.74, 6) is -3.05. The number of halogens is 1. The molecule has 1 amide bonds. The average molecular weight is 348 g/mol. The topological polar surface area (TPSA) is 98.6 Å². The number of benzene rings is 2. The van der Waals surface area contributed by atoms with Crippen LogP contribution >= 0.6 is 0 Å². The van der Waals surface area contributed by atoms with Gasteiger partial charge in [-0.05, 0) is 29.8 Å². The number of carbonyl (C=O) groups excluding carboxylic acids is 2. The first kappa shape index (κ1) is 16.0. The normalized spacial score (nSPS) is 17.2. The predicted octanol–water partition coefficient (Wildman–Crippen LogP) is 3.00. The minimum atomic E-state index is -1.14. The summed E-state index contributed by atoms with van der Waals surface area (Å²) in [7, 11) is 0. The predicted molar refractivity (Wildman–Crippen MR) is 91.8 cm³/mol. The molecular formula is C19H13FN4O2. The van der Waals surface area contributed by atoms with Gasteiger partial charge in [-0.1, -0.05) is 18.2 Å². The van der Waals surface area contributed by atoms with E-state index in [4.69, 9.17) is 0 Å². The summed E-state index contributed by atoms with van der Waals surface area (Å²) in [5.41, 5.74) is 2.15. The number of hydrogen-bond donors (Lipinski definition) is 2. The van der Waals surface area contributed by atoms with Crippen LogP contribution in [0.1, 0.15) is 29.6 Å². The first-order valence-electron chi connectivity index (χ1n) is 8.04. The van der Waals surface area contributed by atoms with Crippen molar-refractivity contribution >= 4 is 28.4 Å². The molecular weight excluding hydrogens is 335 g/mol. The number of aromatic amines is 1. The van der Waals surface area contributed by atoms with Crippen molar-refractivity contribution in [2.24, 2.45) is 0 Å². The van der Waals surface area contributed by atoms with Crippen molar-refractivity contribution in [2.75, 3.05) is 5.32 Å². The molecule has 128 valence electrons. The molecule has 0 aliphatic carbocycles. The number of nitriles is 1. The Morgan fingerprint density at radius 1 is 1.31 bits per heavy atom. The number of aromatic nitrogens is 2. The number of nitrogens with one attached hydrogen (secondary N) is 2. The number of imidazole rings is 1. The van der Waals surface area contributed by atoms with Crippen LogP contribution in [0.2, 0.25) is 0 Å². The lowest BCUT2D eigenvalue weighted by Crippen LogP contribution is -2.30. The molecule has 0 radical (unpaired) electrons. The highest BCUT2D eigenvalue weighted by atomic mass is 19.1. The number of fused-ring (bicyclic) bond motifs is 2. The number of anilines is 1. The molecule has 0 spiro atoms. The Balaban J connectivity index is 1.74. The third kappa shape index (κ3) is 2.62. The van der Waals surface area contributed by atoms with Crippen LogP contribution in [-0.4, -0.2) is 21.7 Å². The van der Waals surface area contributed by atoms with E-state index in [2.05, 4.69) is 15.3 Å². The van der Waals surface area contributed by atoms with Gasteiger partial charge >= 0.3 is 0 Å². The van der Waals surface area contributed by atoms with E-state index < -0.39 is 23.4 Å². The maximum Gasteiger partial charge on any atom is 0.225 e. The Kier molecular flexibility index (Phi) is 3.73. The second-order valence-electron chi connectivity index (χ2n) is 6.14. The van der Waals surface area contributed by atoms with Crippen molar-refractivity contribution in [3.05, 3.63) is 59.7 Å². The Labute approximate surface area is 147 Å². The van der Waals surface area contributed by atoms with Gasteiger partial charge in [0.2, 0.25) is 5.91 Å². The van der Waals surface area contributed by atoms with Crippen molar-refractivity contribution < 1.29 is 14.0 Å². The lowest BCUT2D eigenvalue weighted by Gasteiger charge is -2.25. The summed E-state index contributed by atoms with van der Waals surface area (Å²) in [4.78, 5) is 32.3. The molecule has 2 N–H and O–H groups in total. The fourth-order valence-corrected chi connectivity index (χ4v) is 3.26. The first-order valence-corrected chi connectivity index (χ1v) is 8.04. The van der Waals surface area contributed by atoms with Crippen LogP contribution < -0.4 is 5.32 Å². The zero-order valence-corrected chi connectivity index (χ0v) is 13.5. The number of ketones is 1. The summed E-state index contributed by atoms with van der Waals surface area (Å²) >= 11 is 0. The van der Waals surface area contributed by atoms with Crippen LogP contribution in [-0.2, 0) is 9.59 Å². The number of H-pyrrole nitrogens is 1. The van der Waals surface area contributed by atoms with Gasteiger partial charge in [0.1, 0.15) is 11.6 Å². The zero-order valence-electron chi connectivity index (χ0n) is 13.5. The van der Waals surface area contributed by atoms with E-state index in [9.17, 15) is 19.2 Å². The SMILES string of the molecule is N#C[C@H](C(=O)[C@@H]1CC(=O)Nc2cc(F)ccc21)c1nc2ccccc2[nH]1. The summed E-state index contributed by atoms with van der Waals surface area (Å²) in [6.45, 7) is 0. The van der Waals surface area contributed by atoms with Crippen molar-refractivity contribution in [3.8, 4) is 6.07 Å². The summed E-state index contributed by atoms with van der Waals surface area (Å²) in [5, 5.41) is 12.1. The second-order valence-corrected chi connectivity index (χ2v) is 6.14. The highest BCUT2D eigenvalue weighted by Gasteiger charge is 2.36. The molecule has 6 nitrogen and oxygen atoms in total. The Hall–Kier alpha value is -3.53. The monoisotopic (exact) mass is 348 g/mol. The van der Waals surface area contributed by atoms with Crippen LogP contribution in [0.15, 0.2) is 42.5 Å².